The molecule has 0 saturated carbocycles. The van der Waals surface area contributed by atoms with Crippen molar-refractivity contribution in [3.8, 4) is 17.3 Å². The number of rotatable bonds is 4. The highest BCUT2D eigenvalue weighted by Gasteiger charge is 2.21. The van der Waals surface area contributed by atoms with E-state index in [1.165, 1.54) is 0 Å². The Morgan fingerprint density at radius 2 is 2.39 bits per heavy atom. The van der Waals surface area contributed by atoms with Gasteiger partial charge in [0.25, 0.3) is 0 Å². The number of hydrogen-bond donors (Lipinski definition) is 2. The fraction of sp³-hybridized carbons (Fsp3) is 0.312. The third kappa shape index (κ3) is 2.85. The second kappa shape index (κ2) is 5.89. The monoisotopic (exact) mass is 324 g/mol. The standard InChI is InChI=1S/C16H16N6S/c17-10-22-4-3-11(9-22)6-18-16-21-14-2-1-12(5-15(14)23-16)13-7-19-20-8-13/h1-2,5,7-8,11H,3-4,6,9H2,(H,18,21)(H,19,20). The molecule has 23 heavy (non-hydrogen) atoms. The van der Waals surface area contributed by atoms with Gasteiger partial charge in [-0.3, -0.25) is 5.10 Å². The average molecular weight is 324 g/mol. The van der Waals surface area contributed by atoms with Gasteiger partial charge in [-0.15, -0.1) is 0 Å². The quantitative estimate of drug-likeness (QED) is 0.721. The SMILES string of the molecule is N#CN1CCC(CNc2nc3ccc(-c4cn[nH]c4)cc3s2)C1. The lowest BCUT2D eigenvalue weighted by atomic mass is 10.1. The van der Waals surface area contributed by atoms with Gasteiger partial charge < -0.3 is 10.2 Å². The summed E-state index contributed by atoms with van der Waals surface area (Å²) < 4.78 is 1.16. The minimum absolute atomic E-state index is 0.517. The molecule has 6 nitrogen and oxygen atoms in total. The van der Waals surface area contributed by atoms with Gasteiger partial charge in [-0.2, -0.15) is 10.4 Å². The Labute approximate surface area is 137 Å². The number of nitrogens with one attached hydrogen (secondary N) is 2. The third-order valence-corrected chi connectivity index (χ3v) is 5.17. The molecule has 1 saturated heterocycles. The zero-order valence-corrected chi connectivity index (χ0v) is 13.3. The van der Waals surface area contributed by atoms with E-state index in [-0.39, 0.29) is 0 Å². The Bertz CT molecular complexity index is 847. The van der Waals surface area contributed by atoms with E-state index < -0.39 is 0 Å². The molecular weight excluding hydrogens is 308 g/mol. The zero-order chi connectivity index (χ0) is 15.6. The first-order valence-corrected chi connectivity index (χ1v) is 8.42. The maximum atomic E-state index is 8.91. The summed E-state index contributed by atoms with van der Waals surface area (Å²) in [5.74, 6) is 0.517. The lowest BCUT2D eigenvalue weighted by Crippen LogP contribution is -2.18. The molecule has 1 unspecified atom stereocenters. The van der Waals surface area contributed by atoms with Crippen molar-refractivity contribution in [3.05, 3.63) is 30.6 Å². The molecular formula is C16H16N6S. The smallest absolute Gasteiger partial charge is 0.183 e. The molecule has 3 aromatic rings. The van der Waals surface area contributed by atoms with Gasteiger partial charge in [0.15, 0.2) is 11.3 Å². The van der Waals surface area contributed by atoms with Crippen LogP contribution in [0.1, 0.15) is 6.42 Å². The molecule has 0 amide bonds. The highest BCUT2D eigenvalue weighted by atomic mass is 32.1. The lowest BCUT2D eigenvalue weighted by molar-refractivity contribution is 0.461. The van der Waals surface area contributed by atoms with Crippen LogP contribution in [0.25, 0.3) is 21.3 Å². The lowest BCUT2D eigenvalue weighted by Gasteiger charge is -2.09. The number of likely N-dealkylation sites (tertiary alicyclic amines) is 1. The van der Waals surface area contributed by atoms with Crippen molar-refractivity contribution in [3.63, 3.8) is 0 Å². The van der Waals surface area contributed by atoms with E-state index in [0.717, 1.165) is 52.5 Å². The topological polar surface area (TPSA) is 80.6 Å². The van der Waals surface area contributed by atoms with Crippen molar-refractivity contribution in [1.29, 1.82) is 5.26 Å². The van der Waals surface area contributed by atoms with Crippen molar-refractivity contribution < 1.29 is 0 Å². The van der Waals surface area contributed by atoms with Gasteiger partial charge in [-0.1, -0.05) is 17.4 Å². The first-order valence-electron chi connectivity index (χ1n) is 7.60. The first kappa shape index (κ1) is 14.0. The van der Waals surface area contributed by atoms with Gasteiger partial charge in [0.2, 0.25) is 0 Å². The van der Waals surface area contributed by atoms with E-state index >= 15 is 0 Å². The van der Waals surface area contributed by atoms with Crippen molar-refractivity contribution >= 4 is 26.7 Å². The largest absolute Gasteiger partial charge is 0.361 e. The number of fused-ring (bicyclic) bond motifs is 1. The second-order valence-corrected chi connectivity index (χ2v) is 6.80. The number of aromatic nitrogens is 3. The van der Waals surface area contributed by atoms with Crippen molar-refractivity contribution in [2.45, 2.75) is 6.42 Å². The van der Waals surface area contributed by atoms with Crippen LogP contribution in [0.3, 0.4) is 0 Å². The van der Waals surface area contributed by atoms with Crippen LogP contribution in [0.2, 0.25) is 0 Å². The minimum Gasteiger partial charge on any atom is -0.361 e. The number of nitriles is 1. The van der Waals surface area contributed by atoms with E-state index in [0.29, 0.717) is 5.92 Å². The Balaban J connectivity index is 1.48. The van der Waals surface area contributed by atoms with E-state index in [2.05, 4.69) is 38.8 Å². The van der Waals surface area contributed by atoms with Gasteiger partial charge in [0.1, 0.15) is 0 Å². The summed E-state index contributed by atoms with van der Waals surface area (Å²) in [6.45, 7) is 2.59. The molecule has 4 rings (SSSR count). The van der Waals surface area contributed by atoms with Gasteiger partial charge in [0, 0.05) is 31.4 Å². The molecule has 2 aromatic heterocycles. The number of hydrogen-bond acceptors (Lipinski definition) is 6. The molecule has 0 aliphatic carbocycles. The molecule has 0 spiro atoms. The van der Waals surface area contributed by atoms with Crippen LogP contribution in [-0.2, 0) is 0 Å². The van der Waals surface area contributed by atoms with E-state index in [9.17, 15) is 0 Å². The molecule has 0 radical (unpaired) electrons. The highest BCUT2D eigenvalue weighted by Crippen LogP contribution is 2.30. The van der Waals surface area contributed by atoms with E-state index in [4.69, 9.17) is 5.26 Å². The summed E-state index contributed by atoms with van der Waals surface area (Å²) in [7, 11) is 0. The molecule has 1 aliphatic rings. The summed E-state index contributed by atoms with van der Waals surface area (Å²) in [5, 5.41) is 20.1. The number of nitrogens with zero attached hydrogens (tertiary/aromatic N) is 4. The Hall–Kier alpha value is -2.59. The Kier molecular flexibility index (Phi) is 3.60. The minimum atomic E-state index is 0.517. The Morgan fingerprint density at radius 3 is 3.17 bits per heavy atom. The Morgan fingerprint density at radius 1 is 1.43 bits per heavy atom. The first-order chi connectivity index (χ1) is 11.3. The number of anilines is 1. The second-order valence-electron chi connectivity index (χ2n) is 5.77. The number of thiazole rings is 1. The van der Waals surface area contributed by atoms with Gasteiger partial charge >= 0.3 is 0 Å². The van der Waals surface area contributed by atoms with Gasteiger partial charge in [-0.25, -0.2) is 4.98 Å². The van der Waals surface area contributed by atoms with Crippen LogP contribution in [0.4, 0.5) is 5.13 Å². The van der Waals surface area contributed by atoms with Gasteiger partial charge in [0.05, 0.1) is 16.4 Å². The van der Waals surface area contributed by atoms with Crippen LogP contribution >= 0.6 is 11.3 Å². The molecule has 3 heterocycles. The number of benzene rings is 1. The summed E-state index contributed by atoms with van der Waals surface area (Å²) in [6.07, 6.45) is 7.00. The van der Waals surface area contributed by atoms with E-state index in [1.54, 1.807) is 11.3 Å². The predicted octanol–water partition coefficient (Wildman–Crippen LogP) is 2.90. The zero-order valence-electron chi connectivity index (χ0n) is 12.5. The molecule has 7 heteroatoms. The fourth-order valence-electron chi connectivity index (χ4n) is 2.91. The number of H-pyrrole nitrogens is 1. The van der Waals surface area contributed by atoms with Crippen LogP contribution in [0, 0.1) is 17.4 Å². The maximum absolute atomic E-state index is 8.91. The number of aromatic amines is 1. The molecule has 1 fully saturated rings. The third-order valence-electron chi connectivity index (χ3n) is 4.19. The van der Waals surface area contributed by atoms with Gasteiger partial charge in [-0.05, 0) is 30.0 Å². The summed E-state index contributed by atoms with van der Waals surface area (Å²) in [5.41, 5.74) is 3.23. The average Bonchev–Trinajstić information content (AvgIpc) is 3.30. The van der Waals surface area contributed by atoms with Crippen LogP contribution in [-0.4, -0.2) is 39.7 Å². The van der Waals surface area contributed by atoms with E-state index in [1.807, 2.05) is 23.4 Å². The van der Waals surface area contributed by atoms with Crippen LogP contribution < -0.4 is 5.32 Å². The van der Waals surface area contributed by atoms with Crippen LogP contribution in [0.15, 0.2) is 30.6 Å². The summed E-state index contributed by atoms with van der Waals surface area (Å²) >= 11 is 1.67. The fourth-order valence-corrected chi connectivity index (χ4v) is 3.82. The van der Waals surface area contributed by atoms with Crippen molar-refractivity contribution in [2.75, 3.05) is 25.0 Å². The highest BCUT2D eigenvalue weighted by molar-refractivity contribution is 7.22. The van der Waals surface area contributed by atoms with Crippen molar-refractivity contribution in [1.82, 2.24) is 20.1 Å². The maximum Gasteiger partial charge on any atom is 0.183 e. The molecule has 116 valence electrons. The molecule has 1 aromatic carbocycles. The molecule has 0 bridgehead atoms. The summed E-state index contributed by atoms with van der Waals surface area (Å²) in [4.78, 5) is 6.46. The predicted molar refractivity (Wildman–Crippen MR) is 91.0 cm³/mol. The molecule has 1 aliphatic heterocycles. The molecule has 1 atom stereocenters. The normalized spacial score (nSPS) is 17.5. The van der Waals surface area contributed by atoms with Crippen LogP contribution in [0.5, 0.6) is 0 Å². The summed E-state index contributed by atoms with van der Waals surface area (Å²) in [6, 6.07) is 6.26. The van der Waals surface area contributed by atoms with Crippen molar-refractivity contribution in [2.24, 2.45) is 5.92 Å². The molecule has 2 N–H and O–H groups in total.